The average Bonchev–Trinajstić information content (AvgIpc) is 2.32. The Labute approximate surface area is 106 Å². The zero-order valence-corrected chi connectivity index (χ0v) is 10.7. The van der Waals surface area contributed by atoms with E-state index >= 15 is 0 Å². The van der Waals surface area contributed by atoms with Crippen LogP contribution < -0.4 is 0 Å². The Bertz CT molecular complexity index is 445. The lowest BCUT2D eigenvalue weighted by atomic mass is 10.1. The molecule has 0 aliphatic carbocycles. The van der Waals surface area contributed by atoms with Gasteiger partial charge < -0.3 is 0 Å². The third-order valence-electron chi connectivity index (χ3n) is 2.34. The van der Waals surface area contributed by atoms with Gasteiger partial charge in [-0.3, -0.25) is 0 Å². The van der Waals surface area contributed by atoms with Crippen molar-refractivity contribution in [3.8, 4) is 11.1 Å². The molecule has 0 bridgehead atoms. The number of benzene rings is 2. The fourth-order valence-electron chi connectivity index (χ4n) is 1.55. The minimum atomic E-state index is 0.780. The highest BCUT2D eigenvalue weighted by Crippen LogP contribution is 2.25. The molecular weight excluding hydrogens is 236 g/mol. The number of halogens is 1. The summed E-state index contributed by atoms with van der Waals surface area (Å²) in [6.07, 6.45) is 0. The largest absolute Gasteiger partial charge is 0.126 e. The fourth-order valence-corrected chi connectivity index (χ4v) is 2.34. The van der Waals surface area contributed by atoms with E-state index in [4.69, 9.17) is 11.6 Å². The van der Waals surface area contributed by atoms with Gasteiger partial charge in [0.2, 0.25) is 0 Å². The molecule has 82 valence electrons. The van der Waals surface area contributed by atoms with E-state index < -0.39 is 0 Å². The molecule has 2 aromatic carbocycles. The van der Waals surface area contributed by atoms with E-state index in [9.17, 15) is 0 Å². The SMILES string of the molecule is CCSc1ccc(-c2ccc(Cl)cc2)cc1. The minimum absolute atomic E-state index is 0.780. The van der Waals surface area contributed by atoms with Crippen molar-refractivity contribution in [2.24, 2.45) is 0 Å². The molecule has 0 aliphatic heterocycles. The Morgan fingerprint density at radius 3 is 1.88 bits per heavy atom. The maximum absolute atomic E-state index is 5.86. The lowest BCUT2D eigenvalue weighted by Gasteiger charge is -2.03. The van der Waals surface area contributed by atoms with Gasteiger partial charge >= 0.3 is 0 Å². The molecule has 2 rings (SSSR count). The molecule has 0 atom stereocenters. The van der Waals surface area contributed by atoms with E-state index in [-0.39, 0.29) is 0 Å². The highest BCUT2D eigenvalue weighted by molar-refractivity contribution is 7.99. The van der Waals surface area contributed by atoms with Crippen LogP contribution in [-0.4, -0.2) is 5.75 Å². The normalized spacial score (nSPS) is 10.4. The second-order valence-corrected chi connectivity index (χ2v) is 5.24. The Morgan fingerprint density at radius 1 is 0.875 bits per heavy atom. The highest BCUT2D eigenvalue weighted by atomic mass is 35.5. The van der Waals surface area contributed by atoms with E-state index in [1.807, 2.05) is 36.0 Å². The Morgan fingerprint density at radius 2 is 1.38 bits per heavy atom. The molecule has 0 amide bonds. The van der Waals surface area contributed by atoms with Crippen molar-refractivity contribution < 1.29 is 0 Å². The van der Waals surface area contributed by atoms with Crippen LogP contribution in [0, 0.1) is 0 Å². The van der Waals surface area contributed by atoms with Crippen molar-refractivity contribution in [1.82, 2.24) is 0 Å². The van der Waals surface area contributed by atoms with Crippen molar-refractivity contribution in [2.45, 2.75) is 11.8 Å². The van der Waals surface area contributed by atoms with Crippen LogP contribution in [0.1, 0.15) is 6.92 Å². The summed E-state index contributed by atoms with van der Waals surface area (Å²) in [5.41, 5.74) is 2.44. The second kappa shape index (κ2) is 5.42. The van der Waals surface area contributed by atoms with Crippen LogP contribution >= 0.6 is 23.4 Å². The molecule has 0 N–H and O–H groups in total. The number of thioether (sulfide) groups is 1. The fraction of sp³-hybridized carbons (Fsp3) is 0.143. The first-order chi connectivity index (χ1) is 7.79. The van der Waals surface area contributed by atoms with E-state index in [1.54, 1.807) is 0 Å². The van der Waals surface area contributed by atoms with Gasteiger partial charge in [-0.1, -0.05) is 42.8 Å². The number of hydrogen-bond acceptors (Lipinski definition) is 1. The Hall–Kier alpha value is -0.920. The van der Waals surface area contributed by atoms with Crippen LogP contribution in [0.5, 0.6) is 0 Å². The van der Waals surface area contributed by atoms with Crippen LogP contribution in [0.15, 0.2) is 53.4 Å². The zero-order valence-electron chi connectivity index (χ0n) is 9.11. The van der Waals surface area contributed by atoms with Gasteiger partial charge in [0, 0.05) is 9.92 Å². The van der Waals surface area contributed by atoms with Crippen molar-refractivity contribution in [1.29, 1.82) is 0 Å². The summed E-state index contributed by atoms with van der Waals surface area (Å²) in [6.45, 7) is 2.16. The van der Waals surface area contributed by atoms with Gasteiger partial charge in [0.05, 0.1) is 0 Å². The van der Waals surface area contributed by atoms with Crippen molar-refractivity contribution in [3.63, 3.8) is 0 Å². The molecular formula is C14H13ClS. The van der Waals surface area contributed by atoms with Crippen molar-refractivity contribution >= 4 is 23.4 Å². The van der Waals surface area contributed by atoms with Crippen LogP contribution in [0.3, 0.4) is 0 Å². The maximum Gasteiger partial charge on any atom is 0.0406 e. The average molecular weight is 249 g/mol. The van der Waals surface area contributed by atoms with E-state index in [1.165, 1.54) is 16.0 Å². The molecule has 0 fully saturated rings. The first-order valence-electron chi connectivity index (χ1n) is 5.28. The van der Waals surface area contributed by atoms with E-state index in [0.29, 0.717) is 0 Å². The monoisotopic (exact) mass is 248 g/mol. The van der Waals surface area contributed by atoms with Crippen LogP contribution in [0.4, 0.5) is 0 Å². The quantitative estimate of drug-likeness (QED) is 0.680. The minimum Gasteiger partial charge on any atom is -0.126 e. The van der Waals surface area contributed by atoms with Gasteiger partial charge in [0.15, 0.2) is 0 Å². The number of rotatable bonds is 3. The standard InChI is InChI=1S/C14H13ClS/c1-2-16-14-9-5-12(6-10-14)11-3-7-13(15)8-4-11/h3-10H,2H2,1H3. The summed E-state index contributed by atoms with van der Waals surface area (Å²) < 4.78 is 0. The molecule has 0 saturated carbocycles. The molecule has 16 heavy (non-hydrogen) atoms. The molecule has 2 heteroatoms. The second-order valence-electron chi connectivity index (χ2n) is 3.46. The zero-order chi connectivity index (χ0) is 11.4. The Balaban J connectivity index is 2.24. The molecule has 0 saturated heterocycles. The summed E-state index contributed by atoms with van der Waals surface area (Å²) in [5.74, 6) is 1.11. The molecule has 0 heterocycles. The summed E-state index contributed by atoms with van der Waals surface area (Å²) >= 11 is 7.72. The van der Waals surface area contributed by atoms with Gasteiger partial charge in [0.25, 0.3) is 0 Å². The molecule has 0 radical (unpaired) electrons. The van der Waals surface area contributed by atoms with E-state index in [2.05, 4.69) is 31.2 Å². The van der Waals surface area contributed by atoms with Gasteiger partial charge in [0.1, 0.15) is 0 Å². The smallest absolute Gasteiger partial charge is 0.0406 e. The molecule has 0 unspecified atom stereocenters. The van der Waals surface area contributed by atoms with Crippen LogP contribution in [0.2, 0.25) is 5.02 Å². The molecule has 0 aromatic heterocycles. The third-order valence-corrected chi connectivity index (χ3v) is 3.49. The van der Waals surface area contributed by atoms with Gasteiger partial charge in [-0.15, -0.1) is 11.8 Å². The molecule has 0 spiro atoms. The van der Waals surface area contributed by atoms with Gasteiger partial charge in [-0.05, 0) is 41.1 Å². The van der Waals surface area contributed by atoms with Gasteiger partial charge in [-0.25, -0.2) is 0 Å². The molecule has 2 aromatic rings. The van der Waals surface area contributed by atoms with Crippen LogP contribution in [-0.2, 0) is 0 Å². The van der Waals surface area contributed by atoms with E-state index in [0.717, 1.165) is 10.8 Å². The highest BCUT2D eigenvalue weighted by Gasteiger charge is 1.98. The third kappa shape index (κ3) is 2.81. The van der Waals surface area contributed by atoms with Crippen molar-refractivity contribution in [2.75, 3.05) is 5.75 Å². The van der Waals surface area contributed by atoms with Crippen molar-refractivity contribution in [3.05, 3.63) is 53.6 Å². The lowest BCUT2D eigenvalue weighted by Crippen LogP contribution is -1.78. The summed E-state index contributed by atoms with van der Waals surface area (Å²) in [6, 6.07) is 16.6. The van der Waals surface area contributed by atoms with Crippen LogP contribution in [0.25, 0.3) is 11.1 Å². The summed E-state index contributed by atoms with van der Waals surface area (Å²) in [7, 11) is 0. The topological polar surface area (TPSA) is 0 Å². The number of hydrogen-bond donors (Lipinski definition) is 0. The maximum atomic E-state index is 5.86. The first kappa shape index (κ1) is 11.6. The molecule has 0 aliphatic rings. The molecule has 0 nitrogen and oxygen atoms in total. The predicted octanol–water partition coefficient (Wildman–Crippen LogP) is 5.12. The summed E-state index contributed by atoms with van der Waals surface area (Å²) in [4.78, 5) is 1.32. The predicted molar refractivity (Wildman–Crippen MR) is 73.3 cm³/mol. The van der Waals surface area contributed by atoms with Gasteiger partial charge in [-0.2, -0.15) is 0 Å². The lowest BCUT2D eigenvalue weighted by molar-refractivity contribution is 1.43. The summed E-state index contributed by atoms with van der Waals surface area (Å²) in [5, 5.41) is 0.780. The first-order valence-corrected chi connectivity index (χ1v) is 6.65. The Kier molecular flexibility index (Phi) is 3.92.